The predicted molar refractivity (Wildman–Crippen MR) is 76.8 cm³/mol. The van der Waals surface area contributed by atoms with E-state index in [2.05, 4.69) is 0 Å². The van der Waals surface area contributed by atoms with Gasteiger partial charge < -0.3 is 4.74 Å². The van der Waals surface area contributed by atoms with E-state index in [1.54, 1.807) is 0 Å². The van der Waals surface area contributed by atoms with E-state index in [1.807, 2.05) is 34.6 Å². The largest absolute Gasteiger partial charge is 0.459 e. The molecule has 1 atom stereocenters. The Balaban J connectivity index is 4.09. The summed E-state index contributed by atoms with van der Waals surface area (Å²) in [6, 6.07) is 0. The maximum absolute atomic E-state index is 12.0. The van der Waals surface area contributed by atoms with Crippen molar-refractivity contribution in [2.45, 2.75) is 71.2 Å². The number of carbonyl (C=O) groups is 1. The zero-order valence-electron chi connectivity index (χ0n) is 12.5. The third-order valence-electron chi connectivity index (χ3n) is 2.36. The Hall–Kier alpha value is -0.320. The molecule has 19 heavy (non-hydrogen) atoms. The van der Waals surface area contributed by atoms with Crippen LogP contribution in [0.1, 0.15) is 53.9 Å². The summed E-state index contributed by atoms with van der Waals surface area (Å²) in [7, 11) is 0. The zero-order chi connectivity index (χ0) is 15.1. The van der Waals surface area contributed by atoms with E-state index in [0.29, 0.717) is 12.8 Å². The normalized spacial score (nSPS) is 13.9. The Morgan fingerprint density at radius 3 is 2.21 bits per heavy atom. The van der Waals surface area contributed by atoms with Crippen LogP contribution in [0.2, 0.25) is 0 Å². The van der Waals surface area contributed by atoms with Crippen LogP contribution in [-0.4, -0.2) is 29.0 Å². The lowest BCUT2D eigenvalue weighted by atomic mass is 10.1. The zero-order valence-corrected chi connectivity index (χ0v) is 13.4. The van der Waals surface area contributed by atoms with Gasteiger partial charge in [-0.3, -0.25) is 4.79 Å². The molecule has 0 radical (unpaired) electrons. The monoisotopic (exact) mass is 296 g/mol. The number of thioether (sulfide) groups is 1. The summed E-state index contributed by atoms with van der Waals surface area (Å²) in [4.78, 5) is 12.0. The summed E-state index contributed by atoms with van der Waals surface area (Å²) >= 11 is 1.51. The molecule has 0 aromatic carbocycles. The molecule has 2 nitrogen and oxygen atoms in total. The molecule has 0 aromatic heterocycles. The van der Waals surface area contributed by atoms with Crippen molar-refractivity contribution in [2.24, 2.45) is 5.92 Å². The molecule has 0 saturated heterocycles. The van der Waals surface area contributed by atoms with Gasteiger partial charge in [0, 0.05) is 6.42 Å². The van der Waals surface area contributed by atoms with Crippen LogP contribution in [0.5, 0.6) is 0 Å². The molecule has 0 fully saturated rings. The van der Waals surface area contributed by atoms with E-state index in [0.717, 1.165) is 5.75 Å². The molecule has 1 unspecified atom stereocenters. The molecule has 0 aliphatic heterocycles. The van der Waals surface area contributed by atoms with Gasteiger partial charge in [0.25, 0.3) is 0 Å². The highest BCUT2D eigenvalue weighted by atomic mass is 32.2. The van der Waals surface area contributed by atoms with E-state index >= 15 is 0 Å². The minimum Gasteiger partial charge on any atom is -0.459 e. The molecule has 0 aromatic rings. The Morgan fingerprint density at radius 1 is 1.21 bits per heavy atom. The fourth-order valence-electron chi connectivity index (χ4n) is 1.50. The van der Waals surface area contributed by atoms with Crippen molar-refractivity contribution in [1.29, 1.82) is 0 Å². The van der Waals surface area contributed by atoms with Gasteiger partial charge in [0.15, 0.2) is 0 Å². The number of esters is 1. The summed E-state index contributed by atoms with van der Waals surface area (Å²) in [5.41, 5.74) is -0.486. The number of unbranched alkanes of at least 4 members (excludes halogenated alkanes) is 1. The van der Waals surface area contributed by atoms with Gasteiger partial charge in [0.2, 0.25) is 6.43 Å². The highest BCUT2D eigenvalue weighted by molar-refractivity contribution is 8.00. The molecule has 0 amide bonds. The number of hydrogen-bond acceptors (Lipinski definition) is 3. The van der Waals surface area contributed by atoms with Crippen molar-refractivity contribution in [2.75, 3.05) is 5.75 Å². The van der Waals surface area contributed by atoms with Gasteiger partial charge in [-0.05, 0) is 45.3 Å². The van der Waals surface area contributed by atoms with Crippen molar-refractivity contribution >= 4 is 17.7 Å². The average molecular weight is 296 g/mol. The number of ether oxygens (including phenoxy) is 1. The van der Waals surface area contributed by atoms with Crippen LogP contribution < -0.4 is 0 Å². The molecule has 0 spiro atoms. The van der Waals surface area contributed by atoms with Crippen molar-refractivity contribution in [3.8, 4) is 0 Å². The van der Waals surface area contributed by atoms with Crippen LogP contribution in [0.4, 0.5) is 8.78 Å². The summed E-state index contributed by atoms with van der Waals surface area (Å²) in [6.07, 6.45) is -1.07. The van der Waals surface area contributed by atoms with Crippen molar-refractivity contribution in [3.05, 3.63) is 0 Å². The molecule has 0 aliphatic rings. The third kappa shape index (κ3) is 10.2. The molecule has 0 bridgehead atoms. The highest BCUT2D eigenvalue weighted by Crippen LogP contribution is 2.24. The Kier molecular flexibility index (Phi) is 8.62. The lowest BCUT2D eigenvalue weighted by Crippen LogP contribution is -2.33. The third-order valence-corrected chi connectivity index (χ3v) is 3.98. The first-order valence-corrected chi connectivity index (χ1v) is 7.81. The molecule has 0 aliphatic carbocycles. The molecule has 0 heterocycles. The molecular formula is C14H26F2O2S. The summed E-state index contributed by atoms with van der Waals surface area (Å²) in [5, 5.41) is -0.217. The summed E-state index contributed by atoms with van der Waals surface area (Å²) < 4.78 is 29.3. The second kappa shape index (κ2) is 8.77. The van der Waals surface area contributed by atoms with Crippen LogP contribution >= 0.6 is 11.8 Å². The van der Waals surface area contributed by atoms with Crippen LogP contribution in [0.25, 0.3) is 0 Å². The topological polar surface area (TPSA) is 26.3 Å². The molecule has 0 rings (SSSR count). The number of alkyl halides is 2. The Bertz CT molecular complexity index is 263. The van der Waals surface area contributed by atoms with Gasteiger partial charge in [0.1, 0.15) is 10.9 Å². The Labute approximate surface area is 119 Å². The van der Waals surface area contributed by atoms with E-state index in [-0.39, 0.29) is 23.6 Å². The maximum Gasteiger partial charge on any atom is 0.319 e. The molecular weight excluding hydrogens is 270 g/mol. The van der Waals surface area contributed by atoms with Gasteiger partial charge in [-0.15, -0.1) is 11.8 Å². The van der Waals surface area contributed by atoms with Crippen LogP contribution in [0.3, 0.4) is 0 Å². The fourth-order valence-corrected chi connectivity index (χ4v) is 2.70. The summed E-state index contributed by atoms with van der Waals surface area (Å²) in [6.45, 7) is 9.47. The Morgan fingerprint density at radius 2 is 1.79 bits per heavy atom. The van der Waals surface area contributed by atoms with Crippen molar-refractivity contribution < 1.29 is 18.3 Å². The lowest BCUT2D eigenvalue weighted by molar-refractivity contribution is -0.154. The summed E-state index contributed by atoms with van der Waals surface area (Å²) in [5.74, 6) is 0.686. The molecule has 0 N–H and O–H groups in total. The SMILES string of the molecule is CC(C)C(SCCCCC(F)F)C(=O)OC(C)(C)C. The standard InChI is InChI=1S/C14H26F2O2S/c1-10(2)12(13(17)18-14(3,4)5)19-9-7-6-8-11(15)16/h10-12H,6-9H2,1-5H3. The second-order valence-corrected chi connectivity index (χ2v) is 7.21. The highest BCUT2D eigenvalue weighted by Gasteiger charge is 2.27. The smallest absolute Gasteiger partial charge is 0.319 e. The van der Waals surface area contributed by atoms with Crippen molar-refractivity contribution in [1.82, 2.24) is 0 Å². The van der Waals surface area contributed by atoms with Gasteiger partial charge in [0.05, 0.1) is 0 Å². The van der Waals surface area contributed by atoms with Crippen LogP contribution in [0, 0.1) is 5.92 Å². The second-order valence-electron chi connectivity index (χ2n) is 5.96. The van der Waals surface area contributed by atoms with Gasteiger partial charge in [-0.25, -0.2) is 8.78 Å². The van der Waals surface area contributed by atoms with Crippen LogP contribution in [0.15, 0.2) is 0 Å². The number of carbonyl (C=O) groups excluding carboxylic acids is 1. The number of hydrogen-bond donors (Lipinski definition) is 0. The van der Waals surface area contributed by atoms with Gasteiger partial charge in [-0.2, -0.15) is 0 Å². The van der Waals surface area contributed by atoms with Crippen molar-refractivity contribution in [3.63, 3.8) is 0 Å². The lowest BCUT2D eigenvalue weighted by Gasteiger charge is -2.25. The minimum absolute atomic E-state index is 0.0562. The van der Waals surface area contributed by atoms with E-state index < -0.39 is 12.0 Å². The first-order valence-electron chi connectivity index (χ1n) is 6.76. The van der Waals surface area contributed by atoms with Gasteiger partial charge >= 0.3 is 5.97 Å². The van der Waals surface area contributed by atoms with Gasteiger partial charge in [-0.1, -0.05) is 13.8 Å². The van der Waals surface area contributed by atoms with Crippen LogP contribution in [-0.2, 0) is 9.53 Å². The van der Waals surface area contributed by atoms with E-state index in [9.17, 15) is 13.6 Å². The first kappa shape index (κ1) is 18.7. The minimum atomic E-state index is -2.23. The average Bonchev–Trinajstić information content (AvgIpc) is 2.19. The fraction of sp³-hybridized carbons (Fsp3) is 0.929. The maximum atomic E-state index is 12.0. The predicted octanol–water partition coefficient (Wildman–Crippen LogP) is 4.52. The quantitative estimate of drug-likeness (QED) is 0.486. The van der Waals surface area contributed by atoms with E-state index in [1.165, 1.54) is 11.8 Å². The molecule has 114 valence electrons. The first-order chi connectivity index (χ1) is 8.63. The molecule has 0 saturated carbocycles. The number of halogens is 2. The number of rotatable bonds is 8. The molecule has 5 heteroatoms. The van der Waals surface area contributed by atoms with E-state index in [4.69, 9.17) is 4.74 Å².